The monoisotopic (exact) mass is 411 g/mol. The van der Waals surface area contributed by atoms with E-state index in [9.17, 15) is 0 Å². The van der Waals surface area contributed by atoms with Crippen molar-refractivity contribution < 1.29 is 4.84 Å². The first-order valence-corrected chi connectivity index (χ1v) is 13.7. The van der Waals surface area contributed by atoms with Crippen LogP contribution in [0.15, 0.2) is 0 Å². The smallest absolute Gasteiger partial charge is 0.0710 e. The Hall–Kier alpha value is -0.0800. The second kappa shape index (κ2) is 26.0. The van der Waals surface area contributed by atoms with E-state index in [-0.39, 0.29) is 0 Å². The lowest BCUT2D eigenvalue weighted by Crippen LogP contribution is -2.21. The van der Waals surface area contributed by atoms with Gasteiger partial charge in [-0.1, -0.05) is 136 Å². The van der Waals surface area contributed by atoms with Crippen LogP contribution in [0.3, 0.4) is 0 Å². The number of hydrogen-bond acceptors (Lipinski definition) is 2. The van der Waals surface area contributed by atoms with Crippen LogP contribution in [-0.2, 0) is 4.84 Å². The standard InChI is InChI=1S/C27H57NO/c1-4-7-9-11-13-15-16-18-20-22-24-27(26-29-28-25-6-3)23-21-19-17-14-12-10-8-5-2/h27-28H,4-26H2,1-3H3. The highest BCUT2D eigenvalue weighted by atomic mass is 16.6. The van der Waals surface area contributed by atoms with Crippen molar-refractivity contribution in [2.75, 3.05) is 13.2 Å². The van der Waals surface area contributed by atoms with Crippen LogP contribution in [0.25, 0.3) is 0 Å². The lowest BCUT2D eigenvalue weighted by atomic mass is 9.94. The van der Waals surface area contributed by atoms with Gasteiger partial charge in [0.1, 0.15) is 0 Å². The highest BCUT2D eigenvalue weighted by Crippen LogP contribution is 2.20. The Bertz CT molecular complexity index is 282. The van der Waals surface area contributed by atoms with E-state index in [1.54, 1.807) is 0 Å². The molecule has 0 fully saturated rings. The first kappa shape index (κ1) is 28.9. The van der Waals surface area contributed by atoms with E-state index in [0.717, 1.165) is 25.5 Å². The van der Waals surface area contributed by atoms with Gasteiger partial charge in [0.2, 0.25) is 0 Å². The molecule has 1 unspecified atom stereocenters. The molecule has 0 amide bonds. The van der Waals surface area contributed by atoms with Gasteiger partial charge in [-0.05, 0) is 25.2 Å². The average molecular weight is 412 g/mol. The van der Waals surface area contributed by atoms with Gasteiger partial charge < -0.3 is 4.84 Å². The molecule has 0 aromatic rings. The topological polar surface area (TPSA) is 21.3 Å². The Labute approximate surface area is 185 Å². The van der Waals surface area contributed by atoms with Crippen LogP contribution in [0, 0.1) is 5.92 Å². The van der Waals surface area contributed by atoms with Crippen LogP contribution >= 0.6 is 0 Å². The number of hydrogen-bond donors (Lipinski definition) is 1. The van der Waals surface area contributed by atoms with Crippen LogP contribution < -0.4 is 5.48 Å². The number of nitrogens with one attached hydrogen (secondary N) is 1. The molecule has 0 saturated carbocycles. The van der Waals surface area contributed by atoms with E-state index in [0.29, 0.717) is 0 Å². The van der Waals surface area contributed by atoms with Gasteiger partial charge in [0.15, 0.2) is 0 Å². The van der Waals surface area contributed by atoms with Gasteiger partial charge >= 0.3 is 0 Å². The predicted octanol–water partition coefficient (Wildman–Crippen LogP) is 9.38. The third-order valence-electron chi connectivity index (χ3n) is 6.21. The van der Waals surface area contributed by atoms with Crippen molar-refractivity contribution in [3.05, 3.63) is 0 Å². The summed E-state index contributed by atoms with van der Waals surface area (Å²) >= 11 is 0. The number of hydroxylamine groups is 1. The molecule has 1 atom stereocenters. The van der Waals surface area contributed by atoms with E-state index < -0.39 is 0 Å². The van der Waals surface area contributed by atoms with E-state index in [4.69, 9.17) is 4.84 Å². The fourth-order valence-electron chi connectivity index (χ4n) is 4.15. The van der Waals surface area contributed by atoms with Crippen molar-refractivity contribution in [3.8, 4) is 0 Å². The van der Waals surface area contributed by atoms with Crippen molar-refractivity contribution in [1.29, 1.82) is 0 Å². The van der Waals surface area contributed by atoms with E-state index >= 15 is 0 Å². The molecule has 0 aliphatic rings. The minimum Gasteiger partial charge on any atom is -0.302 e. The number of rotatable bonds is 25. The molecule has 0 aliphatic carbocycles. The number of unbranched alkanes of at least 4 members (excludes halogenated alkanes) is 16. The summed E-state index contributed by atoms with van der Waals surface area (Å²) in [5, 5.41) is 0. The Morgan fingerprint density at radius 3 is 1.24 bits per heavy atom. The summed E-state index contributed by atoms with van der Waals surface area (Å²) in [4.78, 5) is 5.75. The molecule has 0 aliphatic heterocycles. The molecule has 29 heavy (non-hydrogen) atoms. The summed E-state index contributed by atoms with van der Waals surface area (Å²) in [6.45, 7) is 8.67. The highest BCUT2D eigenvalue weighted by molar-refractivity contribution is 4.60. The second-order valence-electron chi connectivity index (χ2n) is 9.31. The zero-order valence-electron chi connectivity index (χ0n) is 20.7. The molecule has 0 spiro atoms. The maximum absolute atomic E-state index is 5.75. The van der Waals surface area contributed by atoms with Crippen LogP contribution in [0.5, 0.6) is 0 Å². The summed E-state index contributed by atoms with van der Waals surface area (Å²) < 4.78 is 0. The minimum absolute atomic E-state index is 0.758. The SMILES string of the molecule is CCCCCCCCCCCCC(CCCCCCCCCC)CONCCC. The normalized spacial score (nSPS) is 12.5. The van der Waals surface area contributed by atoms with Gasteiger partial charge in [0, 0.05) is 6.54 Å². The van der Waals surface area contributed by atoms with Crippen molar-refractivity contribution in [2.24, 2.45) is 5.92 Å². The van der Waals surface area contributed by atoms with Crippen LogP contribution in [0.4, 0.5) is 0 Å². The molecule has 0 heterocycles. The van der Waals surface area contributed by atoms with Crippen molar-refractivity contribution in [2.45, 2.75) is 156 Å². The Balaban J connectivity index is 3.68. The zero-order valence-corrected chi connectivity index (χ0v) is 20.7. The van der Waals surface area contributed by atoms with E-state index in [1.807, 2.05) is 0 Å². The third kappa shape index (κ3) is 24.1. The summed E-state index contributed by atoms with van der Waals surface area (Å²) in [6, 6.07) is 0. The quantitative estimate of drug-likeness (QED) is 0.119. The van der Waals surface area contributed by atoms with E-state index in [1.165, 1.54) is 128 Å². The van der Waals surface area contributed by atoms with Gasteiger partial charge in [-0.3, -0.25) is 0 Å². The maximum atomic E-state index is 5.75. The molecule has 0 bridgehead atoms. The van der Waals surface area contributed by atoms with Gasteiger partial charge in [0.05, 0.1) is 6.61 Å². The highest BCUT2D eigenvalue weighted by Gasteiger charge is 2.09. The molecule has 0 aromatic carbocycles. The zero-order chi connectivity index (χ0) is 21.3. The lowest BCUT2D eigenvalue weighted by molar-refractivity contribution is 0.0126. The molecule has 0 aromatic heterocycles. The second-order valence-corrected chi connectivity index (χ2v) is 9.31. The molecule has 1 N–H and O–H groups in total. The Kier molecular flexibility index (Phi) is 25.9. The summed E-state index contributed by atoms with van der Waals surface area (Å²) in [5.41, 5.74) is 3.14. The van der Waals surface area contributed by atoms with Gasteiger partial charge in [0.25, 0.3) is 0 Å². The largest absolute Gasteiger partial charge is 0.302 e. The predicted molar refractivity (Wildman–Crippen MR) is 131 cm³/mol. The summed E-state index contributed by atoms with van der Waals surface area (Å²) in [5.74, 6) is 0.758. The Morgan fingerprint density at radius 2 is 0.862 bits per heavy atom. The van der Waals surface area contributed by atoms with Gasteiger partial charge in [-0.2, -0.15) is 0 Å². The molecule has 0 rings (SSSR count). The van der Waals surface area contributed by atoms with E-state index in [2.05, 4.69) is 26.3 Å². The van der Waals surface area contributed by atoms with Crippen molar-refractivity contribution in [3.63, 3.8) is 0 Å². The molecule has 2 heteroatoms. The van der Waals surface area contributed by atoms with Crippen LogP contribution in [0.2, 0.25) is 0 Å². The average Bonchev–Trinajstić information content (AvgIpc) is 2.73. The molecular formula is C27H57NO. The van der Waals surface area contributed by atoms with Crippen molar-refractivity contribution in [1.82, 2.24) is 5.48 Å². The summed E-state index contributed by atoms with van der Waals surface area (Å²) in [7, 11) is 0. The fourth-order valence-corrected chi connectivity index (χ4v) is 4.15. The fraction of sp³-hybridized carbons (Fsp3) is 1.00. The van der Waals surface area contributed by atoms with Gasteiger partial charge in [-0.15, -0.1) is 0 Å². The Morgan fingerprint density at radius 1 is 0.483 bits per heavy atom. The van der Waals surface area contributed by atoms with Crippen LogP contribution in [-0.4, -0.2) is 13.2 Å². The molecule has 2 nitrogen and oxygen atoms in total. The molecule has 0 radical (unpaired) electrons. The molecule has 176 valence electrons. The maximum Gasteiger partial charge on any atom is 0.0710 e. The first-order valence-electron chi connectivity index (χ1n) is 13.7. The minimum atomic E-state index is 0.758. The summed E-state index contributed by atoms with van der Waals surface area (Å²) in [6.07, 6.45) is 29.5. The lowest BCUT2D eigenvalue weighted by Gasteiger charge is -2.17. The third-order valence-corrected chi connectivity index (χ3v) is 6.21. The van der Waals surface area contributed by atoms with Gasteiger partial charge in [-0.25, -0.2) is 5.48 Å². The van der Waals surface area contributed by atoms with Crippen LogP contribution in [0.1, 0.15) is 156 Å². The molecular weight excluding hydrogens is 354 g/mol. The molecule has 0 saturated heterocycles. The first-order chi connectivity index (χ1) is 14.3. The van der Waals surface area contributed by atoms with Crippen molar-refractivity contribution >= 4 is 0 Å².